The van der Waals surface area contributed by atoms with E-state index in [1.54, 1.807) is 14.2 Å². The topological polar surface area (TPSA) is 65.4 Å². The molecule has 0 radical (unpaired) electrons. The molecule has 6 heteroatoms. The van der Waals surface area contributed by atoms with Crippen molar-refractivity contribution < 1.29 is 14.3 Å². The monoisotopic (exact) mass is 367 g/mol. The number of amides is 1. The molecule has 6 nitrogen and oxygen atoms in total. The smallest absolute Gasteiger partial charge is 0.240 e. The highest BCUT2D eigenvalue weighted by Crippen LogP contribution is 2.29. The van der Waals surface area contributed by atoms with Gasteiger partial charge in [-0.15, -0.1) is 0 Å². The third-order valence-electron chi connectivity index (χ3n) is 4.42. The molecule has 1 heterocycles. The third-order valence-corrected chi connectivity index (χ3v) is 4.42. The summed E-state index contributed by atoms with van der Waals surface area (Å²) >= 11 is 0. The number of carbonyl (C=O) groups excluding carboxylic acids is 1. The first kappa shape index (κ1) is 18.8. The molecule has 0 aliphatic rings. The molecule has 0 unspecified atom stereocenters. The van der Waals surface area contributed by atoms with Crippen molar-refractivity contribution in [2.45, 2.75) is 26.3 Å². The van der Waals surface area contributed by atoms with Crippen molar-refractivity contribution in [3.63, 3.8) is 0 Å². The van der Waals surface area contributed by atoms with Gasteiger partial charge in [-0.25, -0.2) is 4.98 Å². The van der Waals surface area contributed by atoms with Crippen molar-refractivity contribution in [2.24, 2.45) is 0 Å². The van der Waals surface area contributed by atoms with Crippen LogP contribution in [0.25, 0.3) is 11.0 Å². The lowest BCUT2D eigenvalue weighted by atomic mass is 10.1. The van der Waals surface area contributed by atoms with Gasteiger partial charge >= 0.3 is 0 Å². The van der Waals surface area contributed by atoms with Gasteiger partial charge in [-0.2, -0.15) is 0 Å². The molecule has 1 amide bonds. The van der Waals surface area contributed by atoms with Crippen molar-refractivity contribution in [3.8, 4) is 11.5 Å². The van der Waals surface area contributed by atoms with Gasteiger partial charge in [0.15, 0.2) is 11.5 Å². The van der Waals surface area contributed by atoms with E-state index >= 15 is 0 Å². The predicted octanol–water partition coefficient (Wildman–Crippen LogP) is 3.17. The zero-order chi connectivity index (χ0) is 19.2. The van der Waals surface area contributed by atoms with Crippen LogP contribution in [0.5, 0.6) is 11.5 Å². The number of hydrogen-bond acceptors (Lipinski definition) is 4. The highest BCUT2D eigenvalue weighted by atomic mass is 16.5. The molecular formula is C21H25N3O3. The number of rotatable bonds is 8. The number of benzene rings is 2. The van der Waals surface area contributed by atoms with E-state index in [4.69, 9.17) is 14.5 Å². The Bertz CT molecular complexity index is 934. The SMILES string of the molecule is CCCNC(=O)Cn1c(Cc2ccc(OC)c(OC)c2)nc2ccccc21. The second-order valence-corrected chi connectivity index (χ2v) is 6.32. The Morgan fingerprint density at radius 2 is 1.89 bits per heavy atom. The Labute approximate surface area is 159 Å². The van der Waals surface area contributed by atoms with Crippen LogP contribution in [0.3, 0.4) is 0 Å². The van der Waals surface area contributed by atoms with Crippen molar-refractivity contribution in [2.75, 3.05) is 20.8 Å². The molecule has 0 atom stereocenters. The van der Waals surface area contributed by atoms with Crippen molar-refractivity contribution >= 4 is 16.9 Å². The number of fused-ring (bicyclic) bond motifs is 1. The molecule has 0 saturated carbocycles. The summed E-state index contributed by atoms with van der Waals surface area (Å²) in [6.45, 7) is 2.97. The average molecular weight is 367 g/mol. The van der Waals surface area contributed by atoms with Gasteiger partial charge in [-0.05, 0) is 36.2 Å². The van der Waals surface area contributed by atoms with Gasteiger partial charge in [0.25, 0.3) is 0 Å². The Balaban J connectivity index is 1.94. The molecule has 1 N–H and O–H groups in total. The number of carbonyl (C=O) groups is 1. The molecule has 3 rings (SSSR count). The minimum absolute atomic E-state index is 0.00596. The van der Waals surface area contributed by atoms with Crippen LogP contribution in [0.1, 0.15) is 24.7 Å². The minimum Gasteiger partial charge on any atom is -0.493 e. The van der Waals surface area contributed by atoms with E-state index < -0.39 is 0 Å². The number of aromatic nitrogens is 2. The second-order valence-electron chi connectivity index (χ2n) is 6.32. The number of hydrogen-bond donors (Lipinski definition) is 1. The van der Waals surface area contributed by atoms with E-state index in [1.807, 2.05) is 54.0 Å². The van der Waals surface area contributed by atoms with Crippen molar-refractivity contribution in [3.05, 3.63) is 53.9 Å². The average Bonchev–Trinajstić information content (AvgIpc) is 3.03. The van der Waals surface area contributed by atoms with Crippen LogP contribution in [0.4, 0.5) is 0 Å². The first-order valence-electron chi connectivity index (χ1n) is 9.08. The maximum absolute atomic E-state index is 12.3. The van der Waals surface area contributed by atoms with E-state index in [0.717, 1.165) is 28.8 Å². The lowest BCUT2D eigenvalue weighted by Gasteiger charge is -2.12. The zero-order valence-corrected chi connectivity index (χ0v) is 16.0. The van der Waals surface area contributed by atoms with Gasteiger partial charge in [-0.1, -0.05) is 25.1 Å². The van der Waals surface area contributed by atoms with E-state index in [2.05, 4.69) is 5.32 Å². The number of para-hydroxylation sites is 2. The first-order chi connectivity index (χ1) is 13.2. The summed E-state index contributed by atoms with van der Waals surface area (Å²) in [6, 6.07) is 13.7. The molecule has 0 saturated heterocycles. The molecule has 0 spiro atoms. The molecule has 27 heavy (non-hydrogen) atoms. The van der Waals surface area contributed by atoms with Crippen LogP contribution in [0, 0.1) is 0 Å². The molecular weight excluding hydrogens is 342 g/mol. The molecule has 1 aromatic heterocycles. The Kier molecular flexibility index (Phi) is 5.96. The number of nitrogens with zero attached hydrogens (tertiary/aromatic N) is 2. The van der Waals surface area contributed by atoms with E-state index in [9.17, 15) is 4.79 Å². The predicted molar refractivity (Wildman–Crippen MR) is 105 cm³/mol. The lowest BCUT2D eigenvalue weighted by molar-refractivity contribution is -0.121. The van der Waals surface area contributed by atoms with Gasteiger partial charge in [-0.3, -0.25) is 4.79 Å². The van der Waals surface area contributed by atoms with Crippen LogP contribution in [0.15, 0.2) is 42.5 Å². The summed E-state index contributed by atoms with van der Waals surface area (Å²) < 4.78 is 12.7. The van der Waals surface area contributed by atoms with Gasteiger partial charge in [0.1, 0.15) is 12.4 Å². The second kappa shape index (κ2) is 8.58. The first-order valence-corrected chi connectivity index (χ1v) is 9.08. The van der Waals surface area contributed by atoms with Gasteiger partial charge in [0.05, 0.1) is 25.3 Å². The highest BCUT2D eigenvalue weighted by Gasteiger charge is 2.15. The molecule has 142 valence electrons. The Morgan fingerprint density at radius 3 is 2.63 bits per heavy atom. The van der Waals surface area contributed by atoms with Crippen LogP contribution in [0.2, 0.25) is 0 Å². The molecule has 2 aromatic carbocycles. The highest BCUT2D eigenvalue weighted by molar-refractivity contribution is 5.81. The maximum atomic E-state index is 12.3. The molecule has 3 aromatic rings. The zero-order valence-electron chi connectivity index (χ0n) is 16.0. The van der Waals surface area contributed by atoms with Crippen molar-refractivity contribution in [1.29, 1.82) is 0 Å². The lowest BCUT2D eigenvalue weighted by Crippen LogP contribution is -2.28. The van der Waals surface area contributed by atoms with Gasteiger partial charge in [0, 0.05) is 13.0 Å². The van der Waals surface area contributed by atoms with Gasteiger partial charge in [0.2, 0.25) is 5.91 Å². The number of ether oxygens (including phenoxy) is 2. The van der Waals surface area contributed by atoms with Crippen LogP contribution >= 0.6 is 0 Å². The molecule has 0 fully saturated rings. The Morgan fingerprint density at radius 1 is 1.11 bits per heavy atom. The fourth-order valence-electron chi connectivity index (χ4n) is 3.07. The summed E-state index contributed by atoms with van der Waals surface area (Å²) in [5, 5.41) is 2.94. The fraction of sp³-hybridized carbons (Fsp3) is 0.333. The summed E-state index contributed by atoms with van der Waals surface area (Å²) in [7, 11) is 3.24. The fourth-order valence-corrected chi connectivity index (χ4v) is 3.07. The van der Waals surface area contributed by atoms with Crippen molar-refractivity contribution in [1.82, 2.24) is 14.9 Å². The van der Waals surface area contributed by atoms with Crippen LogP contribution in [-0.4, -0.2) is 36.2 Å². The summed E-state index contributed by atoms with van der Waals surface area (Å²) in [5.74, 6) is 2.20. The van der Waals surface area contributed by atoms with E-state index in [-0.39, 0.29) is 12.5 Å². The standard InChI is InChI=1S/C21H25N3O3/c1-4-11-22-21(25)14-24-17-8-6-5-7-16(17)23-20(24)13-15-9-10-18(26-2)19(12-15)27-3/h5-10,12H,4,11,13-14H2,1-3H3,(H,22,25). The van der Waals surface area contributed by atoms with E-state index in [0.29, 0.717) is 24.5 Å². The maximum Gasteiger partial charge on any atom is 0.240 e. The van der Waals surface area contributed by atoms with Crippen LogP contribution < -0.4 is 14.8 Å². The quantitative estimate of drug-likeness (QED) is 0.664. The molecule has 0 bridgehead atoms. The Hall–Kier alpha value is -3.02. The van der Waals surface area contributed by atoms with E-state index in [1.165, 1.54) is 0 Å². The minimum atomic E-state index is -0.00596. The number of methoxy groups -OCH3 is 2. The normalized spacial score (nSPS) is 10.8. The third kappa shape index (κ3) is 4.22. The summed E-state index contributed by atoms with van der Waals surface area (Å²) in [4.78, 5) is 17.1. The van der Waals surface area contributed by atoms with Crippen LogP contribution in [-0.2, 0) is 17.8 Å². The van der Waals surface area contributed by atoms with Gasteiger partial charge < -0.3 is 19.4 Å². The number of imidazole rings is 1. The number of nitrogens with one attached hydrogen (secondary N) is 1. The molecule has 0 aliphatic heterocycles. The largest absolute Gasteiger partial charge is 0.493 e. The summed E-state index contributed by atoms with van der Waals surface area (Å²) in [5.41, 5.74) is 2.88. The summed E-state index contributed by atoms with van der Waals surface area (Å²) in [6.07, 6.45) is 1.50. The molecule has 0 aliphatic carbocycles.